The maximum Gasteiger partial charge on any atom is 0.299 e. The van der Waals surface area contributed by atoms with Crippen LogP contribution in [-0.2, 0) is 16.6 Å². The monoisotopic (exact) mass is 255 g/mol. The molecule has 6 heteroatoms. The first-order valence-corrected chi connectivity index (χ1v) is 7.23. The Morgan fingerprint density at radius 3 is 3.00 bits per heavy atom. The largest absolute Gasteiger partial charge is 0.385 e. The molecule has 1 aromatic rings. The molecule has 0 fully saturated rings. The van der Waals surface area contributed by atoms with Crippen LogP contribution in [0.25, 0.3) is 0 Å². The van der Waals surface area contributed by atoms with Gasteiger partial charge in [-0.3, -0.25) is 4.72 Å². The molecule has 0 radical (unpaired) electrons. The predicted molar refractivity (Wildman–Crippen MR) is 69.5 cm³/mol. The number of hydrogen-bond acceptors (Lipinski definition) is 3. The fraction of sp³-hybridized carbons (Fsp3) is 0.455. The van der Waals surface area contributed by atoms with E-state index in [2.05, 4.69) is 14.8 Å². The molecule has 0 unspecified atom stereocenters. The SMILES string of the molecule is CCNS(=O)(=O)Nc1ccc2c(c1)CCCN2. The number of benzene rings is 1. The maximum absolute atomic E-state index is 11.5. The molecule has 0 saturated carbocycles. The van der Waals surface area contributed by atoms with Gasteiger partial charge >= 0.3 is 0 Å². The Labute approximate surface area is 102 Å². The molecule has 0 aromatic heterocycles. The van der Waals surface area contributed by atoms with Gasteiger partial charge < -0.3 is 5.32 Å². The van der Waals surface area contributed by atoms with Crippen LogP contribution < -0.4 is 14.8 Å². The number of hydrogen-bond donors (Lipinski definition) is 3. The third-order valence-electron chi connectivity index (χ3n) is 2.63. The van der Waals surface area contributed by atoms with E-state index in [0.717, 1.165) is 30.6 Å². The lowest BCUT2D eigenvalue weighted by Crippen LogP contribution is -2.29. The highest BCUT2D eigenvalue weighted by Gasteiger charge is 2.12. The van der Waals surface area contributed by atoms with Crippen LogP contribution in [0.15, 0.2) is 18.2 Å². The van der Waals surface area contributed by atoms with Crippen molar-refractivity contribution in [3.63, 3.8) is 0 Å². The van der Waals surface area contributed by atoms with Gasteiger partial charge in [0.1, 0.15) is 0 Å². The van der Waals surface area contributed by atoms with Crippen molar-refractivity contribution in [3.05, 3.63) is 23.8 Å². The van der Waals surface area contributed by atoms with E-state index in [9.17, 15) is 8.42 Å². The van der Waals surface area contributed by atoms with E-state index >= 15 is 0 Å². The zero-order valence-corrected chi connectivity index (χ0v) is 10.6. The summed E-state index contributed by atoms with van der Waals surface area (Å²) in [5.41, 5.74) is 2.86. The van der Waals surface area contributed by atoms with E-state index in [1.54, 1.807) is 13.0 Å². The highest BCUT2D eigenvalue weighted by atomic mass is 32.2. The van der Waals surface area contributed by atoms with Gasteiger partial charge in [0.15, 0.2) is 0 Å². The lowest BCUT2D eigenvalue weighted by molar-refractivity contribution is 0.589. The Morgan fingerprint density at radius 2 is 2.24 bits per heavy atom. The first kappa shape index (κ1) is 12.2. The number of aryl methyl sites for hydroxylation is 1. The molecule has 0 bridgehead atoms. The fourth-order valence-electron chi connectivity index (χ4n) is 1.92. The highest BCUT2D eigenvalue weighted by Crippen LogP contribution is 2.25. The molecule has 0 spiro atoms. The Kier molecular flexibility index (Phi) is 3.54. The molecule has 94 valence electrons. The van der Waals surface area contributed by atoms with Gasteiger partial charge in [-0.05, 0) is 36.6 Å². The summed E-state index contributed by atoms with van der Waals surface area (Å²) in [5.74, 6) is 0. The quantitative estimate of drug-likeness (QED) is 0.759. The van der Waals surface area contributed by atoms with Gasteiger partial charge in [-0.2, -0.15) is 13.1 Å². The summed E-state index contributed by atoms with van der Waals surface area (Å²) in [6, 6.07) is 5.57. The molecule has 3 N–H and O–H groups in total. The van der Waals surface area contributed by atoms with Gasteiger partial charge in [0, 0.05) is 18.8 Å². The summed E-state index contributed by atoms with van der Waals surface area (Å²) in [6.45, 7) is 3.10. The van der Waals surface area contributed by atoms with Crippen LogP contribution >= 0.6 is 0 Å². The van der Waals surface area contributed by atoms with Crippen LogP contribution in [0.5, 0.6) is 0 Å². The third-order valence-corrected chi connectivity index (χ3v) is 3.80. The van der Waals surface area contributed by atoms with Crippen molar-refractivity contribution in [2.45, 2.75) is 19.8 Å². The van der Waals surface area contributed by atoms with Crippen molar-refractivity contribution >= 4 is 21.6 Å². The molecule has 1 aliphatic heterocycles. The van der Waals surface area contributed by atoms with Gasteiger partial charge in [0.25, 0.3) is 10.2 Å². The van der Waals surface area contributed by atoms with Crippen LogP contribution in [0.3, 0.4) is 0 Å². The lowest BCUT2D eigenvalue weighted by Gasteiger charge is -2.19. The van der Waals surface area contributed by atoms with Gasteiger partial charge in [0.05, 0.1) is 5.69 Å². The summed E-state index contributed by atoms with van der Waals surface area (Å²) in [5, 5.41) is 3.28. The van der Waals surface area contributed by atoms with Gasteiger partial charge in [-0.15, -0.1) is 0 Å². The van der Waals surface area contributed by atoms with E-state index < -0.39 is 10.2 Å². The van der Waals surface area contributed by atoms with Gasteiger partial charge in [-0.1, -0.05) is 6.92 Å². The number of fused-ring (bicyclic) bond motifs is 1. The number of nitrogens with one attached hydrogen (secondary N) is 3. The van der Waals surface area contributed by atoms with E-state index in [-0.39, 0.29) is 0 Å². The summed E-state index contributed by atoms with van der Waals surface area (Å²) in [7, 11) is -3.43. The first-order valence-electron chi connectivity index (χ1n) is 5.75. The molecule has 0 aliphatic carbocycles. The summed E-state index contributed by atoms with van der Waals surface area (Å²) in [6.07, 6.45) is 2.07. The third kappa shape index (κ3) is 3.10. The average Bonchev–Trinajstić information content (AvgIpc) is 2.28. The first-order chi connectivity index (χ1) is 8.11. The van der Waals surface area contributed by atoms with E-state index in [4.69, 9.17) is 0 Å². The smallest absolute Gasteiger partial charge is 0.299 e. The van der Waals surface area contributed by atoms with Gasteiger partial charge in [-0.25, -0.2) is 0 Å². The second-order valence-electron chi connectivity index (χ2n) is 4.01. The van der Waals surface area contributed by atoms with Crippen LogP contribution in [0, 0.1) is 0 Å². The van der Waals surface area contributed by atoms with Crippen molar-refractivity contribution in [2.75, 3.05) is 23.1 Å². The molecule has 17 heavy (non-hydrogen) atoms. The summed E-state index contributed by atoms with van der Waals surface area (Å²) < 4.78 is 28.0. The van der Waals surface area contributed by atoms with Gasteiger partial charge in [0.2, 0.25) is 0 Å². The van der Waals surface area contributed by atoms with E-state index in [1.807, 2.05) is 12.1 Å². The number of anilines is 2. The lowest BCUT2D eigenvalue weighted by atomic mass is 10.0. The average molecular weight is 255 g/mol. The Balaban J connectivity index is 2.17. The van der Waals surface area contributed by atoms with Crippen molar-refractivity contribution in [3.8, 4) is 0 Å². The van der Waals surface area contributed by atoms with E-state index in [0.29, 0.717) is 12.2 Å². The second-order valence-corrected chi connectivity index (χ2v) is 5.51. The van der Waals surface area contributed by atoms with Crippen LogP contribution in [0.1, 0.15) is 18.9 Å². The van der Waals surface area contributed by atoms with Crippen molar-refractivity contribution in [1.82, 2.24) is 4.72 Å². The Morgan fingerprint density at radius 1 is 1.41 bits per heavy atom. The second kappa shape index (κ2) is 4.93. The van der Waals surface area contributed by atoms with E-state index in [1.165, 1.54) is 0 Å². The zero-order chi connectivity index (χ0) is 12.3. The minimum atomic E-state index is -3.43. The Hall–Kier alpha value is -1.27. The zero-order valence-electron chi connectivity index (χ0n) is 9.79. The van der Waals surface area contributed by atoms with Crippen LogP contribution in [0.4, 0.5) is 11.4 Å². The van der Waals surface area contributed by atoms with Crippen LogP contribution in [-0.4, -0.2) is 21.5 Å². The molecule has 0 saturated heterocycles. The standard InChI is InChI=1S/C11H17N3O2S/c1-2-13-17(15,16)14-10-5-6-11-9(8-10)4-3-7-12-11/h5-6,8,12-14H,2-4,7H2,1H3. The Bertz CT molecular complexity index is 499. The molecule has 1 aliphatic rings. The fourth-order valence-corrected chi connectivity index (χ4v) is 2.81. The summed E-state index contributed by atoms with van der Waals surface area (Å²) in [4.78, 5) is 0. The molecule has 1 aromatic carbocycles. The topological polar surface area (TPSA) is 70.2 Å². The van der Waals surface area contributed by atoms with Crippen molar-refractivity contribution in [2.24, 2.45) is 0 Å². The van der Waals surface area contributed by atoms with Crippen LogP contribution in [0.2, 0.25) is 0 Å². The highest BCUT2D eigenvalue weighted by molar-refractivity contribution is 7.90. The molecular weight excluding hydrogens is 238 g/mol. The maximum atomic E-state index is 11.5. The summed E-state index contributed by atoms with van der Waals surface area (Å²) >= 11 is 0. The van der Waals surface area contributed by atoms with Crippen molar-refractivity contribution < 1.29 is 8.42 Å². The molecule has 5 nitrogen and oxygen atoms in total. The number of rotatable bonds is 4. The minimum Gasteiger partial charge on any atom is -0.385 e. The normalized spacial score (nSPS) is 14.9. The molecule has 2 rings (SSSR count). The molecular formula is C11H17N3O2S. The molecule has 0 atom stereocenters. The predicted octanol–water partition coefficient (Wildman–Crippen LogP) is 1.31. The molecule has 0 amide bonds. The molecule has 1 heterocycles. The minimum absolute atomic E-state index is 0.377. The van der Waals surface area contributed by atoms with Crippen molar-refractivity contribution in [1.29, 1.82) is 0 Å².